The number of likely N-dealkylation sites (tertiary alicyclic amines) is 1. The van der Waals surface area contributed by atoms with Crippen LogP contribution in [0.2, 0.25) is 0 Å². The SMILES string of the molecule is NC(=O)C1CCCN1CCCC(=O)Nc1ccccc1N. The highest BCUT2D eigenvalue weighted by Crippen LogP contribution is 2.19. The Hall–Kier alpha value is -2.08. The summed E-state index contributed by atoms with van der Waals surface area (Å²) in [7, 11) is 0. The van der Waals surface area contributed by atoms with Gasteiger partial charge in [-0.15, -0.1) is 0 Å². The maximum Gasteiger partial charge on any atom is 0.234 e. The van der Waals surface area contributed by atoms with Crippen molar-refractivity contribution in [2.24, 2.45) is 5.73 Å². The summed E-state index contributed by atoms with van der Waals surface area (Å²) >= 11 is 0. The molecule has 1 atom stereocenters. The standard InChI is InChI=1S/C15H22N4O2/c16-11-5-1-2-6-12(11)18-14(20)8-4-10-19-9-3-7-13(19)15(17)21/h1-2,5-6,13H,3-4,7-10,16H2,(H2,17,21)(H,18,20). The van der Waals surface area contributed by atoms with Crippen LogP contribution in [0.25, 0.3) is 0 Å². The van der Waals surface area contributed by atoms with Gasteiger partial charge in [0.1, 0.15) is 0 Å². The number of rotatable bonds is 6. The first-order valence-corrected chi connectivity index (χ1v) is 7.25. The van der Waals surface area contributed by atoms with E-state index in [-0.39, 0.29) is 17.9 Å². The summed E-state index contributed by atoms with van der Waals surface area (Å²) in [4.78, 5) is 25.2. The van der Waals surface area contributed by atoms with Crippen LogP contribution in [0.5, 0.6) is 0 Å². The van der Waals surface area contributed by atoms with Crippen molar-refractivity contribution in [1.82, 2.24) is 4.90 Å². The molecule has 6 nitrogen and oxygen atoms in total. The Morgan fingerprint density at radius 2 is 2.10 bits per heavy atom. The predicted molar refractivity (Wildman–Crippen MR) is 82.5 cm³/mol. The van der Waals surface area contributed by atoms with Gasteiger partial charge in [0.05, 0.1) is 17.4 Å². The van der Waals surface area contributed by atoms with Crippen LogP contribution in [0.15, 0.2) is 24.3 Å². The van der Waals surface area contributed by atoms with Crippen LogP contribution >= 0.6 is 0 Å². The van der Waals surface area contributed by atoms with E-state index in [9.17, 15) is 9.59 Å². The Labute approximate surface area is 124 Å². The van der Waals surface area contributed by atoms with Crippen LogP contribution in [0.1, 0.15) is 25.7 Å². The lowest BCUT2D eigenvalue weighted by Crippen LogP contribution is -2.40. The molecule has 6 heteroatoms. The lowest BCUT2D eigenvalue weighted by molar-refractivity contribution is -0.122. The molecule has 1 aromatic carbocycles. The van der Waals surface area contributed by atoms with Crippen LogP contribution in [0.3, 0.4) is 0 Å². The van der Waals surface area contributed by atoms with E-state index >= 15 is 0 Å². The van der Waals surface area contributed by atoms with Crippen LogP contribution in [0.4, 0.5) is 11.4 Å². The third kappa shape index (κ3) is 4.19. The molecular weight excluding hydrogens is 268 g/mol. The molecule has 1 aliphatic heterocycles. The molecule has 0 aromatic heterocycles. The van der Waals surface area contributed by atoms with E-state index in [1.165, 1.54) is 0 Å². The average Bonchev–Trinajstić information content (AvgIpc) is 2.90. The molecule has 1 saturated heterocycles. The fourth-order valence-electron chi connectivity index (χ4n) is 2.68. The monoisotopic (exact) mass is 290 g/mol. The quantitative estimate of drug-likeness (QED) is 0.678. The lowest BCUT2D eigenvalue weighted by atomic mass is 10.2. The minimum atomic E-state index is -0.269. The average molecular weight is 290 g/mol. The predicted octanol–water partition coefficient (Wildman–Crippen LogP) is 0.937. The minimum absolute atomic E-state index is 0.0669. The smallest absolute Gasteiger partial charge is 0.234 e. The zero-order valence-electron chi connectivity index (χ0n) is 12.0. The molecule has 0 aliphatic carbocycles. The van der Waals surface area contributed by atoms with Crippen LogP contribution in [-0.2, 0) is 9.59 Å². The van der Waals surface area contributed by atoms with Gasteiger partial charge in [0, 0.05) is 6.42 Å². The number of nitrogens with two attached hydrogens (primary N) is 2. The van der Waals surface area contributed by atoms with Crippen molar-refractivity contribution in [3.63, 3.8) is 0 Å². The molecule has 1 unspecified atom stereocenters. The number of primary amides is 1. The largest absolute Gasteiger partial charge is 0.397 e. The number of para-hydroxylation sites is 2. The van der Waals surface area contributed by atoms with Crippen molar-refractivity contribution in [3.05, 3.63) is 24.3 Å². The summed E-state index contributed by atoms with van der Waals surface area (Å²) in [6, 6.07) is 7.00. The Bertz CT molecular complexity index is 518. The molecule has 0 bridgehead atoms. The summed E-state index contributed by atoms with van der Waals surface area (Å²) in [5.41, 5.74) is 12.3. The van der Waals surface area contributed by atoms with Crippen molar-refractivity contribution in [3.8, 4) is 0 Å². The number of nitrogens with one attached hydrogen (secondary N) is 1. The molecule has 0 spiro atoms. The first kappa shape index (κ1) is 15.3. The van der Waals surface area contributed by atoms with E-state index in [4.69, 9.17) is 11.5 Å². The molecule has 2 rings (SSSR count). The van der Waals surface area contributed by atoms with Crippen LogP contribution in [-0.4, -0.2) is 35.8 Å². The number of carbonyl (C=O) groups is 2. The second-order valence-corrected chi connectivity index (χ2v) is 5.34. The number of hydrogen-bond acceptors (Lipinski definition) is 4. The van der Waals surface area contributed by atoms with Gasteiger partial charge in [-0.05, 0) is 44.5 Å². The lowest BCUT2D eigenvalue weighted by Gasteiger charge is -2.21. The summed E-state index contributed by atoms with van der Waals surface area (Å²) in [5, 5.41) is 2.80. The molecule has 1 heterocycles. The molecule has 5 N–H and O–H groups in total. The summed E-state index contributed by atoms with van der Waals surface area (Å²) < 4.78 is 0. The van der Waals surface area contributed by atoms with Crippen molar-refractivity contribution in [2.45, 2.75) is 31.7 Å². The van der Waals surface area contributed by atoms with Gasteiger partial charge in [0.15, 0.2) is 0 Å². The van der Waals surface area contributed by atoms with Gasteiger partial charge in [-0.25, -0.2) is 0 Å². The molecule has 114 valence electrons. The minimum Gasteiger partial charge on any atom is -0.397 e. The molecule has 1 aliphatic rings. The maximum absolute atomic E-state index is 11.9. The second kappa shape index (κ2) is 7.08. The Morgan fingerprint density at radius 3 is 2.81 bits per heavy atom. The van der Waals surface area contributed by atoms with Gasteiger partial charge in [0.25, 0.3) is 0 Å². The van der Waals surface area contributed by atoms with Crippen molar-refractivity contribution in [1.29, 1.82) is 0 Å². The Kier molecular flexibility index (Phi) is 5.16. The van der Waals surface area contributed by atoms with E-state index in [0.717, 1.165) is 19.4 Å². The molecule has 0 radical (unpaired) electrons. The second-order valence-electron chi connectivity index (χ2n) is 5.34. The molecule has 1 aromatic rings. The summed E-state index contributed by atoms with van der Waals surface area (Å²) in [6.07, 6.45) is 2.90. The fourth-order valence-corrected chi connectivity index (χ4v) is 2.68. The third-order valence-corrected chi connectivity index (χ3v) is 3.78. The van der Waals surface area contributed by atoms with Crippen molar-refractivity contribution in [2.75, 3.05) is 24.1 Å². The number of amides is 2. The molecule has 21 heavy (non-hydrogen) atoms. The zero-order chi connectivity index (χ0) is 15.2. The number of benzene rings is 1. The Morgan fingerprint density at radius 1 is 1.33 bits per heavy atom. The number of nitrogens with zero attached hydrogens (tertiary/aromatic N) is 1. The van der Waals surface area contributed by atoms with Gasteiger partial charge < -0.3 is 16.8 Å². The van der Waals surface area contributed by atoms with Gasteiger partial charge in [-0.3, -0.25) is 14.5 Å². The molecule has 0 saturated carbocycles. The third-order valence-electron chi connectivity index (χ3n) is 3.78. The first-order valence-electron chi connectivity index (χ1n) is 7.25. The van der Waals surface area contributed by atoms with E-state index < -0.39 is 0 Å². The summed E-state index contributed by atoms with van der Waals surface area (Å²) in [5.74, 6) is -0.336. The number of anilines is 2. The van der Waals surface area contributed by atoms with E-state index in [1.807, 2.05) is 12.1 Å². The van der Waals surface area contributed by atoms with Crippen molar-refractivity contribution < 1.29 is 9.59 Å². The van der Waals surface area contributed by atoms with Crippen LogP contribution in [0, 0.1) is 0 Å². The Balaban J connectivity index is 1.75. The van der Waals surface area contributed by atoms with Gasteiger partial charge in [-0.2, -0.15) is 0 Å². The van der Waals surface area contributed by atoms with E-state index in [1.54, 1.807) is 12.1 Å². The van der Waals surface area contributed by atoms with Gasteiger partial charge in [0.2, 0.25) is 11.8 Å². The van der Waals surface area contributed by atoms with Crippen LogP contribution < -0.4 is 16.8 Å². The number of hydrogen-bond donors (Lipinski definition) is 3. The highest BCUT2D eigenvalue weighted by Gasteiger charge is 2.28. The molecular formula is C15H22N4O2. The topological polar surface area (TPSA) is 101 Å². The fraction of sp³-hybridized carbons (Fsp3) is 0.467. The highest BCUT2D eigenvalue weighted by atomic mass is 16.2. The highest BCUT2D eigenvalue weighted by molar-refractivity contribution is 5.93. The first-order chi connectivity index (χ1) is 10.1. The summed E-state index contributed by atoms with van der Waals surface area (Å²) in [6.45, 7) is 1.59. The van der Waals surface area contributed by atoms with Crippen molar-refractivity contribution >= 4 is 23.2 Å². The van der Waals surface area contributed by atoms with E-state index in [2.05, 4.69) is 10.2 Å². The van der Waals surface area contributed by atoms with Gasteiger partial charge in [-0.1, -0.05) is 12.1 Å². The normalized spacial score (nSPS) is 18.6. The zero-order valence-corrected chi connectivity index (χ0v) is 12.0. The maximum atomic E-state index is 11.9. The number of nitrogen functional groups attached to an aromatic ring is 1. The molecule has 1 fully saturated rings. The number of carbonyl (C=O) groups excluding carboxylic acids is 2. The molecule has 2 amide bonds. The van der Waals surface area contributed by atoms with E-state index in [0.29, 0.717) is 30.8 Å². The van der Waals surface area contributed by atoms with Gasteiger partial charge >= 0.3 is 0 Å².